The van der Waals surface area contributed by atoms with Gasteiger partial charge in [-0.25, -0.2) is 4.39 Å². The van der Waals surface area contributed by atoms with Gasteiger partial charge in [0.15, 0.2) is 5.54 Å². The third-order valence-electron chi connectivity index (χ3n) is 2.24. The predicted octanol–water partition coefficient (Wildman–Crippen LogP) is 2.81. The molecule has 0 aliphatic rings. The van der Waals surface area contributed by atoms with Gasteiger partial charge in [-0.05, 0) is 41.1 Å². The normalized spacial score (nSPS) is 15.1. The van der Waals surface area contributed by atoms with E-state index in [1.54, 1.807) is 0 Å². The van der Waals surface area contributed by atoms with Gasteiger partial charge in [0.05, 0.1) is 5.69 Å². The number of benzene rings is 1. The van der Waals surface area contributed by atoms with Crippen LogP contribution in [0.25, 0.3) is 0 Å². The van der Waals surface area contributed by atoms with Crippen LogP contribution in [-0.2, 0) is 4.79 Å². The first kappa shape index (κ1) is 14.9. The molecule has 3 nitrogen and oxygen atoms in total. The number of nitrogens with one attached hydrogen (secondary N) is 1. The number of anilines is 1. The lowest BCUT2D eigenvalue weighted by molar-refractivity contribution is -0.184. The largest absolute Gasteiger partial charge is 0.415 e. The summed E-state index contributed by atoms with van der Waals surface area (Å²) in [6, 6.07) is 3.14. The van der Waals surface area contributed by atoms with Crippen molar-refractivity contribution in [3.05, 3.63) is 28.5 Å². The summed E-state index contributed by atoms with van der Waals surface area (Å²) < 4.78 is 50.4. The molecular weight excluding hydrogens is 320 g/mol. The van der Waals surface area contributed by atoms with E-state index in [1.807, 2.05) is 5.32 Å². The molecule has 1 rings (SSSR count). The van der Waals surface area contributed by atoms with E-state index in [9.17, 15) is 22.4 Å². The summed E-state index contributed by atoms with van der Waals surface area (Å²) in [6.07, 6.45) is -4.89. The van der Waals surface area contributed by atoms with E-state index in [1.165, 1.54) is 0 Å². The van der Waals surface area contributed by atoms with Crippen molar-refractivity contribution in [3.8, 4) is 0 Å². The lowest BCUT2D eigenvalue weighted by atomic mass is 10.0. The van der Waals surface area contributed by atoms with Crippen LogP contribution in [-0.4, -0.2) is 17.6 Å². The van der Waals surface area contributed by atoms with Crippen molar-refractivity contribution in [2.45, 2.75) is 18.6 Å². The van der Waals surface area contributed by atoms with E-state index in [0.29, 0.717) is 6.92 Å². The summed E-state index contributed by atoms with van der Waals surface area (Å²) in [5.41, 5.74) is 1.91. The lowest BCUT2D eigenvalue weighted by Crippen LogP contribution is -2.59. The van der Waals surface area contributed by atoms with Crippen molar-refractivity contribution in [3.63, 3.8) is 0 Å². The molecule has 1 aromatic carbocycles. The summed E-state index contributed by atoms with van der Waals surface area (Å²) in [7, 11) is 0. The first-order valence-corrected chi connectivity index (χ1v) is 5.47. The highest BCUT2D eigenvalue weighted by molar-refractivity contribution is 9.10. The molecule has 0 aromatic heterocycles. The summed E-state index contributed by atoms with van der Waals surface area (Å²) >= 11 is 2.92. The van der Waals surface area contributed by atoms with E-state index in [-0.39, 0.29) is 10.2 Å². The smallest absolute Gasteiger partial charge is 0.323 e. The number of nitrogens with two attached hydrogens (primary N) is 1. The molecule has 0 fully saturated rings. The van der Waals surface area contributed by atoms with Gasteiger partial charge in [-0.15, -0.1) is 0 Å². The fourth-order valence-corrected chi connectivity index (χ4v) is 1.42. The van der Waals surface area contributed by atoms with E-state index in [2.05, 4.69) is 15.9 Å². The van der Waals surface area contributed by atoms with Crippen molar-refractivity contribution in [2.24, 2.45) is 5.73 Å². The number of carbonyl (C=O) groups excluding carboxylic acids is 1. The molecule has 18 heavy (non-hydrogen) atoms. The van der Waals surface area contributed by atoms with Gasteiger partial charge in [0, 0.05) is 4.47 Å². The van der Waals surface area contributed by atoms with Gasteiger partial charge < -0.3 is 11.1 Å². The minimum Gasteiger partial charge on any atom is -0.323 e. The highest BCUT2D eigenvalue weighted by Crippen LogP contribution is 2.30. The van der Waals surface area contributed by atoms with E-state index in [4.69, 9.17) is 5.73 Å². The van der Waals surface area contributed by atoms with E-state index < -0.39 is 23.4 Å². The van der Waals surface area contributed by atoms with Crippen molar-refractivity contribution >= 4 is 27.5 Å². The molecule has 0 heterocycles. The zero-order valence-electron chi connectivity index (χ0n) is 9.11. The topological polar surface area (TPSA) is 55.1 Å². The lowest BCUT2D eigenvalue weighted by Gasteiger charge is -2.26. The molecule has 0 spiro atoms. The van der Waals surface area contributed by atoms with Crippen LogP contribution >= 0.6 is 15.9 Å². The molecule has 1 amide bonds. The van der Waals surface area contributed by atoms with Gasteiger partial charge in [0.25, 0.3) is 5.91 Å². The van der Waals surface area contributed by atoms with Crippen molar-refractivity contribution in [2.75, 3.05) is 5.32 Å². The van der Waals surface area contributed by atoms with Gasteiger partial charge in [-0.3, -0.25) is 4.79 Å². The summed E-state index contributed by atoms with van der Waals surface area (Å²) in [5, 5.41) is 1.99. The molecule has 0 saturated heterocycles. The zero-order valence-corrected chi connectivity index (χ0v) is 10.7. The van der Waals surface area contributed by atoms with E-state index in [0.717, 1.165) is 18.2 Å². The summed E-state index contributed by atoms with van der Waals surface area (Å²) in [5.74, 6) is -2.02. The third kappa shape index (κ3) is 2.99. The van der Waals surface area contributed by atoms with Gasteiger partial charge >= 0.3 is 6.18 Å². The van der Waals surface area contributed by atoms with Crippen LogP contribution in [0.3, 0.4) is 0 Å². The number of alkyl halides is 3. The second-order valence-electron chi connectivity index (χ2n) is 3.78. The van der Waals surface area contributed by atoms with Crippen molar-refractivity contribution in [1.29, 1.82) is 0 Å². The maximum atomic E-state index is 12.8. The van der Waals surface area contributed by atoms with Gasteiger partial charge in [-0.2, -0.15) is 13.2 Å². The Labute approximate surface area is 108 Å². The molecule has 1 aromatic rings. The fraction of sp³-hybridized carbons (Fsp3) is 0.300. The van der Waals surface area contributed by atoms with Gasteiger partial charge in [0.1, 0.15) is 5.82 Å². The SMILES string of the molecule is CC(N)(C(=O)Nc1ccc(F)cc1Br)C(F)(F)F. The zero-order chi connectivity index (χ0) is 14.1. The molecule has 0 aliphatic heterocycles. The quantitative estimate of drug-likeness (QED) is 0.820. The standard InChI is InChI=1S/C10H9BrF4N2O/c1-9(16,10(13,14)15)8(18)17-7-3-2-5(12)4-6(7)11/h2-4H,16H2,1H3,(H,17,18). The molecule has 0 saturated carbocycles. The maximum absolute atomic E-state index is 12.8. The van der Waals surface area contributed by atoms with Crippen LogP contribution in [0.4, 0.5) is 23.2 Å². The minimum absolute atomic E-state index is 0.00215. The number of amides is 1. The Morgan fingerprint density at radius 3 is 2.39 bits per heavy atom. The molecule has 3 N–H and O–H groups in total. The van der Waals surface area contributed by atoms with Crippen LogP contribution < -0.4 is 11.1 Å². The van der Waals surface area contributed by atoms with E-state index >= 15 is 0 Å². The van der Waals surface area contributed by atoms with Crippen LogP contribution in [0.2, 0.25) is 0 Å². The number of rotatable bonds is 2. The highest BCUT2D eigenvalue weighted by Gasteiger charge is 2.54. The Hall–Kier alpha value is -1.15. The first-order chi connectivity index (χ1) is 8.05. The van der Waals surface area contributed by atoms with Crippen LogP contribution in [0, 0.1) is 5.82 Å². The first-order valence-electron chi connectivity index (χ1n) is 4.68. The second-order valence-corrected chi connectivity index (χ2v) is 4.63. The molecule has 1 atom stereocenters. The third-order valence-corrected chi connectivity index (χ3v) is 2.90. The maximum Gasteiger partial charge on any atom is 0.415 e. The Morgan fingerprint density at radius 1 is 1.39 bits per heavy atom. The van der Waals surface area contributed by atoms with Crippen LogP contribution in [0.1, 0.15) is 6.92 Å². The number of hydrogen-bond acceptors (Lipinski definition) is 2. The molecule has 1 unspecified atom stereocenters. The van der Waals surface area contributed by atoms with Crippen molar-refractivity contribution in [1.82, 2.24) is 0 Å². The Balaban J connectivity index is 2.95. The highest BCUT2D eigenvalue weighted by atomic mass is 79.9. The molecule has 0 aliphatic carbocycles. The Kier molecular flexibility index (Phi) is 4.02. The van der Waals surface area contributed by atoms with Crippen LogP contribution in [0.5, 0.6) is 0 Å². The Bertz CT molecular complexity index is 473. The monoisotopic (exact) mass is 328 g/mol. The number of halogens is 5. The average Bonchev–Trinajstić information content (AvgIpc) is 2.20. The number of carbonyl (C=O) groups is 1. The van der Waals surface area contributed by atoms with Crippen molar-refractivity contribution < 1.29 is 22.4 Å². The molecule has 8 heteroatoms. The van der Waals surface area contributed by atoms with Crippen LogP contribution in [0.15, 0.2) is 22.7 Å². The summed E-state index contributed by atoms with van der Waals surface area (Å²) in [6.45, 7) is 0.555. The van der Waals surface area contributed by atoms with Gasteiger partial charge in [0.2, 0.25) is 0 Å². The second kappa shape index (κ2) is 4.85. The average molecular weight is 329 g/mol. The minimum atomic E-state index is -4.89. The van der Waals surface area contributed by atoms with Gasteiger partial charge in [-0.1, -0.05) is 0 Å². The Morgan fingerprint density at radius 2 is 1.94 bits per heavy atom. The molecule has 0 radical (unpaired) electrons. The number of hydrogen-bond donors (Lipinski definition) is 2. The molecule has 100 valence electrons. The predicted molar refractivity (Wildman–Crippen MR) is 61.4 cm³/mol. The summed E-state index contributed by atoms with van der Waals surface area (Å²) in [4.78, 5) is 11.4. The molecule has 0 bridgehead atoms. The molecular formula is C10H9BrF4N2O. The fourth-order valence-electron chi connectivity index (χ4n) is 0.972.